The summed E-state index contributed by atoms with van der Waals surface area (Å²) < 4.78 is 10.9. The van der Waals surface area contributed by atoms with Crippen molar-refractivity contribution in [3.63, 3.8) is 0 Å². The van der Waals surface area contributed by atoms with E-state index in [0.717, 1.165) is 10.6 Å². The topological polar surface area (TPSA) is 150 Å². The number of nitrogens with one attached hydrogen (secondary N) is 2. The highest BCUT2D eigenvalue weighted by Crippen LogP contribution is 2.39. The number of carbonyl (C=O) groups is 2. The van der Waals surface area contributed by atoms with E-state index >= 15 is 0 Å². The quantitative estimate of drug-likeness (QED) is 0.288. The van der Waals surface area contributed by atoms with Gasteiger partial charge in [0.25, 0.3) is 0 Å². The second-order valence-corrected chi connectivity index (χ2v) is 8.33. The Hall–Kier alpha value is -2.60. The van der Waals surface area contributed by atoms with E-state index in [1.807, 2.05) is 13.0 Å². The summed E-state index contributed by atoms with van der Waals surface area (Å²) in [5, 5.41) is 34.2. The third kappa shape index (κ3) is 5.80. The lowest BCUT2D eigenvalue weighted by molar-refractivity contribution is -0.130. The zero-order valence-corrected chi connectivity index (χ0v) is 19.3. The van der Waals surface area contributed by atoms with Crippen LogP contribution in [0.25, 0.3) is 10.9 Å². The number of fused-ring (bicyclic) bond motifs is 1. The minimum Gasteiger partial charge on any atom is -0.496 e. The standard InChI is InChI=1S/C21H29N3O7S/c1-12-7-17(18-15(30-3)5-6-16(31-4)19(18)22-12)32-8-14(23-13(2)28)20(29)24-21(9-25,10-26)11-27/h5-7,14,25-27H,8-11H2,1-4H3,(H,23,28)(H,24,29). The molecule has 0 spiro atoms. The third-order valence-corrected chi connectivity index (χ3v) is 5.95. The van der Waals surface area contributed by atoms with Crippen LogP contribution in [-0.4, -0.2) is 83.5 Å². The summed E-state index contributed by atoms with van der Waals surface area (Å²) in [6, 6.07) is 4.37. The second kappa shape index (κ2) is 11.3. The molecule has 1 aromatic heterocycles. The van der Waals surface area contributed by atoms with E-state index in [9.17, 15) is 24.9 Å². The summed E-state index contributed by atoms with van der Waals surface area (Å²) in [6.45, 7) is 1.10. The first-order valence-corrected chi connectivity index (χ1v) is 10.8. The summed E-state index contributed by atoms with van der Waals surface area (Å²) in [5.41, 5.74) is -0.267. The smallest absolute Gasteiger partial charge is 0.244 e. The van der Waals surface area contributed by atoms with Crippen LogP contribution in [0.15, 0.2) is 23.1 Å². The Morgan fingerprint density at radius 1 is 1.12 bits per heavy atom. The van der Waals surface area contributed by atoms with Crippen LogP contribution in [0, 0.1) is 6.92 Å². The number of hydrogen-bond donors (Lipinski definition) is 5. The van der Waals surface area contributed by atoms with Crippen molar-refractivity contribution in [2.45, 2.75) is 30.3 Å². The van der Waals surface area contributed by atoms with Crippen molar-refractivity contribution >= 4 is 34.5 Å². The van der Waals surface area contributed by atoms with E-state index in [-0.39, 0.29) is 5.75 Å². The van der Waals surface area contributed by atoms with Gasteiger partial charge in [-0.05, 0) is 25.1 Å². The highest BCUT2D eigenvalue weighted by Gasteiger charge is 2.33. The second-order valence-electron chi connectivity index (χ2n) is 7.26. The summed E-state index contributed by atoms with van der Waals surface area (Å²) in [5.74, 6) is 0.202. The van der Waals surface area contributed by atoms with Gasteiger partial charge in [0.15, 0.2) is 0 Å². The van der Waals surface area contributed by atoms with Crippen molar-refractivity contribution in [3.8, 4) is 11.5 Å². The van der Waals surface area contributed by atoms with E-state index in [1.165, 1.54) is 18.7 Å². The minimum atomic E-state index is -1.60. The van der Waals surface area contributed by atoms with E-state index < -0.39 is 43.2 Å². The Bertz CT molecular complexity index is 958. The van der Waals surface area contributed by atoms with E-state index in [2.05, 4.69) is 15.6 Å². The third-order valence-electron chi connectivity index (χ3n) is 4.81. The largest absolute Gasteiger partial charge is 0.496 e. The number of hydrogen-bond acceptors (Lipinski definition) is 9. The number of amides is 2. The Morgan fingerprint density at radius 2 is 1.72 bits per heavy atom. The fourth-order valence-electron chi connectivity index (χ4n) is 3.04. The predicted molar refractivity (Wildman–Crippen MR) is 120 cm³/mol. The maximum absolute atomic E-state index is 12.8. The lowest BCUT2D eigenvalue weighted by atomic mass is 10.0. The van der Waals surface area contributed by atoms with Crippen molar-refractivity contribution in [1.29, 1.82) is 0 Å². The number of aromatic nitrogens is 1. The van der Waals surface area contributed by atoms with Gasteiger partial charge in [0.1, 0.15) is 28.6 Å². The molecular formula is C21H29N3O7S. The van der Waals surface area contributed by atoms with Crippen LogP contribution < -0.4 is 20.1 Å². The Balaban J connectivity index is 2.39. The van der Waals surface area contributed by atoms with Gasteiger partial charge in [-0.15, -0.1) is 11.8 Å². The number of pyridine rings is 1. The average Bonchev–Trinajstić information content (AvgIpc) is 2.78. The average molecular weight is 468 g/mol. The minimum absolute atomic E-state index is 0.128. The SMILES string of the molecule is COc1ccc(OC)c2c(SCC(NC(C)=O)C(=O)NC(CO)(CO)CO)cc(C)nc12. The number of aliphatic hydroxyl groups is 3. The van der Waals surface area contributed by atoms with Crippen LogP contribution in [0.5, 0.6) is 11.5 Å². The van der Waals surface area contributed by atoms with E-state index in [4.69, 9.17) is 9.47 Å². The molecule has 1 heterocycles. The Labute approximate surface area is 190 Å². The molecule has 32 heavy (non-hydrogen) atoms. The monoisotopic (exact) mass is 467 g/mol. The number of aryl methyl sites for hydroxylation is 1. The molecule has 1 aromatic carbocycles. The van der Waals surface area contributed by atoms with Gasteiger partial charge in [-0.1, -0.05) is 0 Å². The van der Waals surface area contributed by atoms with Crippen molar-refractivity contribution in [3.05, 3.63) is 23.9 Å². The first kappa shape index (κ1) is 25.7. The van der Waals surface area contributed by atoms with Crippen LogP contribution in [0.3, 0.4) is 0 Å². The highest BCUT2D eigenvalue weighted by atomic mass is 32.2. The van der Waals surface area contributed by atoms with Crippen molar-refractivity contribution in [2.24, 2.45) is 0 Å². The maximum atomic E-state index is 12.8. The molecule has 0 aliphatic heterocycles. The maximum Gasteiger partial charge on any atom is 0.244 e. The number of thioether (sulfide) groups is 1. The van der Waals surface area contributed by atoms with Crippen LogP contribution in [-0.2, 0) is 9.59 Å². The van der Waals surface area contributed by atoms with E-state index in [1.54, 1.807) is 26.4 Å². The summed E-state index contributed by atoms with van der Waals surface area (Å²) in [4.78, 5) is 29.8. The highest BCUT2D eigenvalue weighted by molar-refractivity contribution is 7.99. The van der Waals surface area contributed by atoms with Gasteiger partial charge in [-0.2, -0.15) is 0 Å². The molecule has 0 fully saturated rings. The molecule has 10 nitrogen and oxygen atoms in total. The Kier molecular flexibility index (Phi) is 9.08. The molecule has 0 aliphatic rings. The number of benzene rings is 1. The van der Waals surface area contributed by atoms with Crippen LogP contribution in [0.2, 0.25) is 0 Å². The van der Waals surface area contributed by atoms with Crippen molar-refractivity contribution < 1.29 is 34.4 Å². The fraction of sp³-hybridized carbons (Fsp3) is 0.476. The van der Waals surface area contributed by atoms with Gasteiger partial charge >= 0.3 is 0 Å². The van der Waals surface area contributed by atoms with Gasteiger partial charge in [0.05, 0.1) is 39.4 Å². The molecule has 5 N–H and O–H groups in total. The summed E-state index contributed by atoms with van der Waals surface area (Å²) in [6.07, 6.45) is 0. The first-order valence-electron chi connectivity index (χ1n) is 9.81. The zero-order chi connectivity index (χ0) is 23.9. The fourth-order valence-corrected chi connectivity index (χ4v) is 4.22. The van der Waals surface area contributed by atoms with Crippen LogP contribution >= 0.6 is 11.8 Å². The summed E-state index contributed by atoms with van der Waals surface area (Å²) in [7, 11) is 3.09. The molecule has 1 unspecified atom stereocenters. The molecule has 0 radical (unpaired) electrons. The van der Waals surface area contributed by atoms with Crippen LogP contribution in [0.1, 0.15) is 12.6 Å². The number of methoxy groups -OCH3 is 2. The number of rotatable bonds is 11. The molecule has 11 heteroatoms. The van der Waals surface area contributed by atoms with Gasteiger partial charge in [0, 0.05) is 23.3 Å². The van der Waals surface area contributed by atoms with Gasteiger partial charge in [-0.25, -0.2) is 4.98 Å². The molecule has 2 aromatic rings. The lowest BCUT2D eigenvalue weighted by Gasteiger charge is -2.30. The van der Waals surface area contributed by atoms with Gasteiger partial charge < -0.3 is 35.4 Å². The Morgan fingerprint density at radius 3 is 2.25 bits per heavy atom. The zero-order valence-electron chi connectivity index (χ0n) is 18.5. The normalized spacial score (nSPS) is 12.3. The molecule has 0 bridgehead atoms. The van der Waals surface area contributed by atoms with Crippen molar-refractivity contribution in [1.82, 2.24) is 15.6 Å². The van der Waals surface area contributed by atoms with E-state index in [0.29, 0.717) is 22.4 Å². The molecular weight excluding hydrogens is 438 g/mol. The molecule has 176 valence electrons. The molecule has 2 rings (SSSR count). The summed E-state index contributed by atoms with van der Waals surface area (Å²) >= 11 is 1.30. The molecule has 0 aliphatic carbocycles. The molecule has 1 atom stereocenters. The number of nitrogens with zero attached hydrogens (tertiary/aromatic N) is 1. The molecule has 2 amide bonds. The molecule has 0 saturated heterocycles. The van der Waals surface area contributed by atoms with Gasteiger partial charge in [0.2, 0.25) is 11.8 Å². The van der Waals surface area contributed by atoms with Crippen molar-refractivity contribution in [2.75, 3.05) is 39.8 Å². The number of carbonyl (C=O) groups excluding carboxylic acids is 2. The number of aliphatic hydroxyl groups excluding tert-OH is 3. The lowest BCUT2D eigenvalue weighted by Crippen LogP contribution is -2.61. The first-order chi connectivity index (χ1) is 15.2. The van der Waals surface area contributed by atoms with Gasteiger partial charge in [-0.3, -0.25) is 9.59 Å². The van der Waals surface area contributed by atoms with Crippen LogP contribution in [0.4, 0.5) is 0 Å². The molecule has 0 saturated carbocycles. The predicted octanol–water partition coefficient (Wildman–Crippen LogP) is -0.0109. The number of ether oxygens (including phenoxy) is 2.